The Hall–Kier alpha value is -0.160. The van der Waals surface area contributed by atoms with Gasteiger partial charge in [-0.2, -0.15) is 0 Å². The molecule has 1 atom stereocenters. The highest BCUT2D eigenvalue weighted by Crippen LogP contribution is 2.02. The minimum absolute atomic E-state index is 0. The largest absolute Gasteiger partial charge is 0.380 e. The van der Waals surface area contributed by atoms with E-state index in [-0.39, 0.29) is 1.43 Å². The summed E-state index contributed by atoms with van der Waals surface area (Å²) >= 11 is 0. The van der Waals surface area contributed by atoms with Gasteiger partial charge in [-0.05, 0) is 33.6 Å². The lowest BCUT2D eigenvalue weighted by Crippen LogP contribution is -2.30. The maximum Gasteiger partial charge on any atom is 0.0949 e. The molecule has 1 aliphatic rings. The van der Waals surface area contributed by atoms with Crippen molar-refractivity contribution in [3.8, 4) is 0 Å². The molecule has 1 unspecified atom stereocenters. The monoisotopic (exact) mass is 193 g/mol. The molecule has 0 spiro atoms. The summed E-state index contributed by atoms with van der Waals surface area (Å²) in [4.78, 5) is 3.94. The topological polar surface area (TPSA) is 64.7 Å². The van der Waals surface area contributed by atoms with Crippen LogP contribution in [0.15, 0.2) is 0 Å². The second-order valence-corrected chi connectivity index (χ2v) is 4.18. The molecular formula is C9H23NO3. The van der Waals surface area contributed by atoms with Gasteiger partial charge in [0, 0.05) is 14.1 Å². The van der Waals surface area contributed by atoms with Gasteiger partial charge in [-0.1, -0.05) is 0 Å². The van der Waals surface area contributed by atoms with Crippen LogP contribution in [0.1, 0.15) is 35.0 Å². The van der Waals surface area contributed by atoms with E-state index in [0.717, 1.165) is 26.1 Å². The molecule has 1 saturated heterocycles. The minimum Gasteiger partial charge on any atom is -0.380 e. The summed E-state index contributed by atoms with van der Waals surface area (Å²) in [5.74, 6) is 0. The number of ether oxygens (including phenoxy) is 1. The highest BCUT2D eigenvalue weighted by molar-refractivity contribution is 4.63. The molecule has 4 heteroatoms. The summed E-state index contributed by atoms with van der Waals surface area (Å²) in [5.41, 5.74) is 5.11. The quantitative estimate of drug-likeness (QED) is 0.453. The fraction of sp³-hybridized carbons (Fsp3) is 1.00. The second kappa shape index (κ2) is 6.32. The van der Waals surface area contributed by atoms with Gasteiger partial charge in [0.05, 0.1) is 12.2 Å². The molecule has 1 fully saturated rings. The minimum atomic E-state index is -0.403. The Morgan fingerprint density at radius 2 is 2.08 bits per heavy atom. The third kappa shape index (κ3) is 9.76. The highest BCUT2D eigenvalue weighted by Gasteiger charge is 2.07. The van der Waals surface area contributed by atoms with Crippen molar-refractivity contribution in [1.29, 1.82) is 0 Å². The van der Waals surface area contributed by atoms with Crippen LogP contribution in [0, 0.1) is 0 Å². The zero-order chi connectivity index (χ0) is 10.3. The fourth-order valence-corrected chi connectivity index (χ4v) is 0.766. The fourth-order valence-electron chi connectivity index (χ4n) is 0.766. The first kappa shape index (κ1) is 12.8. The van der Waals surface area contributed by atoms with E-state index < -0.39 is 5.60 Å². The Kier molecular flexibility index (Phi) is 6.24. The SMILES string of the molecule is CC(C)(C)OO.NC1CCCOC1.[HH]. The average molecular weight is 193 g/mol. The predicted octanol–water partition coefficient (Wildman–Crippen LogP) is 1.64. The second-order valence-electron chi connectivity index (χ2n) is 4.18. The van der Waals surface area contributed by atoms with E-state index in [4.69, 9.17) is 15.7 Å². The molecule has 0 saturated carbocycles. The third-order valence-corrected chi connectivity index (χ3v) is 1.47. The lowest BCUT2D eigenvalue weighted by molar-refractivity contribution is -0.306. The molecule has 3 N–H and O–H groups in total. The molecule has 0 aliphatic carbocycles. The summed E-state index contributed by atoms with van der Waals surface area (Å²) in [7, 11) is 0. The van der Waals surface area contributed by atoms with Crippen molar-refractivity contribution in [1.82, 2.24) is 0 Å². The highest BCUT2D eigenvalue weighted by atomic mass is 17.1. The summed E-state index contributed by atoms with van der Waals surface area (Å²) in [6.45, 7) is 6.99. The molecule has 4 nitrogen and oxygen atoms in total. The van der Waals surface area contributed by atoms with E-state index in [2.05, 4.69) is 4.89 Å². The maximum atomic E-state index is 7.90. The summed E-state index contributed by atoms with van der Waals surface area (Å²) in [6, 6.07) is 0.314. The zero-order valence-corrected chi connectivity index (χ0v) is 8.75. The van der Waals surface area contributed by atoms with Gasteiger partial charge in [0.1, 0.15) is 0 Å². The Labute approximate surface area is 81.4 Å². The van der Waals surface area contributed by atoms with Crippen LogP contribution < -0.4 is 5.73 Å². The van der Waals surface area contributed by atoms with E-state index in [0.29, 0.717) is 6.04 Å². The van der Waals surface area contributed by atoms with Crippen LogP contribution in [-0.2, 0) is 9.62 Å². The lowest BCUT2D eigenvalue weighted by atomic mass is 10.1. The molecule has 1 heterocycles. The van der Waals surface area contributed by atoms with Crippen molar-refractivity contribution in [2.45, 2.75) is 45.3 Å². The van der Waals surface area contributed by atoms with Crippen LogP contribution >= 0.6 is 0 Å². The normalized spacial score (nSPS) is 23.3. The van der Waals surface area contributed by atoms with Crippen LogP contribution in [0.5, 0.6) is 0 Å². The van der Waals surface area contributed by atoms with Crippen molar-refractivity contribution in [2.24, 2.45) is 5.73 Å². The average Bonchev–Trinajstić information content (AvgIpc) is 2.06. The lowest BCUT2D eigenvalue weighted by Gasteiger charge is -2.16. The van der Waals surface area contributed by atoms with Crippen LogP contribution in [-0.4, -0.2) is 30.1 Å². The van der Waals surface area contributed by atoms with Gasteiger partial charge in [-0.25, -0.2) is 4.89 Å². The van der Waals surface area contributed by atoms with Gasteiger partial charge < -0.3 is 10.5 Å². The van der Waals surface area contributed by atoms with Gasteiger partial charge in [0.2, 0.25) is 0 Å². The predicted molar refractivity (Wildman–Crippen MR) is 53.6 cm³/mol. The molecule has 0 aromatic heterocycles. The van der Waals surface area contributed by atoms with Gasteiger partial charge in [0.25, 0.3) is 0 Å². The van der Waals surface area contributed by atoms with E-state index >= 15 is 0 Å². The summed E-state index contributed by atoms with van der Waals surface area (Å²) < 4.78 is 5.06. The van der Waals surface area contributed by atoms with Gasteiger partial charge in [0.15, 0.2) is 0 Å². The van der Waals surface area contributed by atoms with E-state index in [1.165, 1.54) is 0 Å². The molecular weight excluding hydrogens is 170 g/mol. The third-order valence-electron chi connectivity index (χ3n) is 1.47. The Balaban J connectivity index is 0. The number of nitrogens with two attached hydrogens (primary N) is 1. The van der Waals surface area contributed by atoms with Crippen LogP contribution in [0.2, 0.25) is 0 Å². The van der Waals surface area contributed by atoms with Gasteiger partial charge in [-0.3, -0.25) is 5.26 Å². The number of hydrogen-bond acceptors (Lipinski definition) is 4. The molecule has 82 valence electrons. The Morgan fingerprint density at radius 1 is 1.54 bits per heavy atom. The smallest absolute Gasteiger partial charge is 0.0949 e. The van der Waals surface area contributed by atoms with Gasteiger partial charge in [-0.15, -0.1) is 0 Å². The molecule has 0 radical (unpaired) electrons. The first-order valence-electron chi connectivity index (χ1n) is 4.61. The van der Waals surface area contributed by atoms with Crippen molar-refractivity contribution in [3.05, 3.63) is 0 Å². The van der Waals surface area contributed by atoms with E-state index in [1.54, 1.807) is 20.8 Å². The number of rotatable bonds is 0. The van der Waals surface area contributed by atoms with Gasteiger partial charge >= 0.3 is 0 Å². The van der Waals surface area contributed by atoms with Crippen LogP contribution in [0.4, 0.5) is 0 Å². The van der Waals surface area contributed by atoms with Crippen molar-refractivity contribution < 1.29 is 16.3 Å². The summed E-state index contributed by atoms with van der Waals surface area (Å²) in [6.07, 6.45) is 2.28. The maximum absolute atomic E-state index is 7.90. The number of hydrogen-bond donors (Lipinski definition) is 2. The first-order chi connectivity index (χ1) is 5.95. The van der Waals surface area contributed by atoms with Crippen LogP contribution in [0.3, 0.4) is 0 Å². The first-order valence-corrected chi connectivity index (χ1v) is 4.61. The van der Waals surface area contributed by atoms with Crippen molar-refractivity contribution in [3.63, 3.8) is 0 Å². The molecule has 1 aliphatic heterocycles. The molecule has 0 aromatic carbocycles. The zero-order valence-electron chi connectivity index (χ0n) is 8.75. The van der Waals surface area contributed by atoms with E-state index in [9.17, 15) is 0 Å². The van der Waals surface area contributed by atoms with Crippen LogP contribution in [0.25, 0.3) is 0 Å². The molecule has 0 bridgehead atoms. The molecule has 0 amide bonds. The Bertz CT molecular complexity index is 122. The molecule has 13 heavy (non-hydrogen) atoms. The Morgan fingerprint density at radius 3 is 2.23 bits per heavy atom. The van der Waals surface area contributed by atoms with Crippen molar-refractivity contribution in [2.75, 3.05) is 13.2 Å². The standard InChI is InChI=1S/C5H11NO.C4H10O2.H2/c6-5-2-1-3-7-4-5;1-4(2,3)6-5;/h5H,1-4,6H2;5H,1-3H3;1H. The summed E-state index contributed by atoms with van der Waals surface area (Å²) in [5, 5.41) is 7.90. The molecule has 1 rings (SSSR count). The molecule has 0 aromatic rings. The van der Waals surface area contributed by atoms with Crippen molar-refractivity contribution >= 4 is 0 Å². The van der Waals surface area contributed by atoms with E-state index in [1.807, 2.05) is 0 Å².